The molecule has 0 aromatic rings. The van der Waals surface area contributed by atoms with Gasteiger partial charge in [-0.05, 0) is 44.4 Å². The molecule has 1 N–H and O–H groups in total. The van der Waals surface area contributed by atoms with Crippen LogP contribution in [0.15, 0.2) is 12.2 Å². The molecule has 0 saturated carbocycles. The fourth-order valence-corrected chi connectivity index (χ4v) is 3.76. The number of carbonyl (C=O) groups excluding carboxylic acids is 1. The summed E-state index contributed by atoms with van der Waals surface area (Å²) in [5.41, 5.74) is 0. The maximum atomic E-state index is 11.0. The normalized spacial score (nSPS) is 29.7. The van der Waals surface area contributed by atoms with Crippen LogP contribution in [0.5, 0.6) is 0 Å². The number of Topliss-reactive ketones (excluding diaryl/α,β-unsaturated/α-hetero) is 1. The highest BCUT2D eigenvalue weighted by Crippen LogP contribution is 2.45. The van der Waals surface area contributed by atoms with E-state index in [0.29, 0.717) is 30.5 Å². The highest BCUT2D eigenvalue weighted by atomic mass is 16.5. The maximum Gasteiger partial charge on any atom is 0.158 e. The molecule has 2 bridgehead atoms. The Kier molecular flexibility index (Phi) is 8.27. The number of rotatable bonds is 12. The van der Waals surface area contributed by atoms with E-state index >= 15 is 0 Å². The molecular formula is C19H32O4. The minimum Gasteiger partial charge on any atom is -0.389 e. The van der Waals surface area contributed by atoms with Gasteiger partial charge in [0.25, 0.3) is 0 Å². The summed E-state index contributed by atoms with van der Waals surface area (Å²) in [6.45, 7) is 3.56. The average molecular weight is 324 g/mol. The number of aliphatic hydroxyl groups excluding tert-OH is 1. The average Bonchev–Trinajstić information content (AvgIpc) is 3.16. The van der Waals surface area contributed by atoms with Crippen LogP contribution in [0.2, 0.25) is 0 Å². The van der Waals surface area contributed by atoms with E-state index in [1.807, 2.05) is 0 Å². The van der Waals surface area contributed by atoms with Gasteiger partial charge in [-0.25, -0.2) is 0 Å². The summed E-state index contributed by atoms with van der Waals surface area (Å²) in [6.07, 6.45) is 13.2. The zero-order valence-electron chi connectivity index (χ0n) is 14.4. The van der Waals surface area contributed by atoms with Crippen LogP contribution in [0.3, 0.4) is 0 Å². The first kappa shape index (κ1) is 18.6. The highest BCUT2D eigenvalue weighted by molar-refractivity contribution is 5.79. The lowest BCUT2D eigenvalue weighted by Crippen LogP contribution is -2.30. The van der Waals surface area contributed by atoms with Crippen molar-refractivity contribution in [2.45, 2.75) is 70.5 Å². The monoisotopic (exact) mass is 324 g/mol. The van der Waals surface area contributed by atoms with E-state index in [2.05, 4.69) is 19.1 Å². The van der Waals surface area contributed by atoms with Gasteiger partial charge in [0.1, 0.15) is 6.61 Å². The Morgan fingerprint density at radius 2 is 2.00 bits per heavy atom. The molecule has 0 aromatic carbocycles. The zero-order valence-corrected chi connectivity index (χ0v) is 14.4. The molecule has 132 valence electrons. The molecule has 2 rings (SSSR count). The second-order valence-corrected chi connectivity index (χ2v) is 6.84. The van der Waals surface area contributed by atoms with E-state index in [1.165, 1.54) is 19.3 Å². The van der Waals surface area contributed by atoms with E-state index in [0.717, 1.165) is 38.9 Å². The molecule has 4 atom stereocenters. The molecule has 0 spiro atoms. The summed E-state index contributed by atoms with van der Waals surface area (Å²) >= 11 is 0. The van der Waals surface area contributed by atoms with Gasteiger partial charge in [-0.1, -0.05) is 25.5 Å². The predicted octanol–water partition coefficient (Wildman–Crippen LogP) is 3.27. The van der Waals surface area contributed by atoms with Gasteiger partial charge in [0.15, 0.2) is 5.78 Å². The first-order chi connectivity index (χ1) is 11.3. The van der Waals surface area contributed by atoms with Crippen LogP contribution in [-0.2, 0) is 14.3 Å². The van der Waals surface area contributed by atoms with E-state index in [9.17, 15) is 4.79 Å². The van der Waals surface area contributed by atoms with Crippen molar-refractivity contribution in [3.05, 3.63) is 12.2 Å². The topological polar surface area (TPSA) is 55.8 Å². The molecule has 0 amide bonds. The Hall–Kier alpha value is -0.710. The lowest BCUT2D eigenvalue weighted by molar-refractivity contribution is -0.121. The lowest BCUT2D eigenvalue weighted by atomic mass is 9.78. The van der Waals surface area contributed by atoms with Gasteiger partial charge >= 0.3 is 0 Å². The van der Waals surface area contributed by atoms with E-state index < -0.39 is 0 Å². The minimum atomic E-state index is -0.327. The summed E-state index contributed by atoms with van der Waals surface area (Å²) in [6, 6.07) is 0. The third-order valence-electron chi connectivity index (χ3n) is 5.12. The zero-order chi connectivity index (χ0) is 16.5. The fourth-order valence-electron chi connectivity index (χ4n) is 3.76. The number of unbranched alkanes of at least 4 members (excludes halogenated alkanes) is 2. The highest BCUT2D eigenvalue weighted by Gasteiger charge is 2.48. The van der Waals surface area contributed by atoms with E-state index in [-0.39, 0.29) is 12.4 Å². The Morgan fingerprint density at radius 3 is 2.74 bits per heavy atom. The maximum absolute atomic E-state index is 11.0. The molecule has 0 aliphatic carbocycles. The summed E-state index contributed by atoms with van der Waals surface area (Å²) in [5, 5.41) is 8.68. The van der Waals surface area contributed by atoms with Crippen molar-refractivity contribution in [2.24, 2.45) is 11.8 Å². The van der Waals surface area contributed by atoms with Crippen LogP contribution in [-0.4, -0.2) is 42.9 Å². The molecule has 4 heteroatoms. The predicted molar refractivity (Wildman–Crippen MR) is 90.3 cm³/mol. The van der Waals surface area contributed by atoms with Gasteiger partial charge in [0.2, 0.25) is 0 Å². The lowest BCUT2D eigenvalue weighted by Gasteiger charge is -2.27. The molecule has 0 radical (unpaired) electrons. The summed E-state index contributed by atoms with van der Waals surface area (Å²) in [4.78, 5) is 11.0. The van der Waals surface area contributed by atoms with Crippen molar-refractivity contribution in [1.82, 2.24) is 0 Å². The largest absolute Gasteiger partial charge is 0.389 e. The van der Waals surface area contributed by atoms with Crippen LogP contribution in [0, 0.1) is 11.8 Å². The number of ether oxygens (including phenoxy) is 2. The van der Waals surface area contributed by atoms with Gasteiger partial charge in [0.05, 0.1) is 18.8 Å². The number of hydrogen-bond acceptors (Lipinski definition) is 4. The van der Waals surface area contributed by atoms with Crippen LogP contribution >= 0.6 is 0 Å². The molecule has 0 unspecified atom stereocenters. The second kappa shape index (κ2) is 10.2. The number of carbonyl (C=O) groups is 1. The molecule has 2 aliphatic rings. The fraction of sp³-hybridized carbons (Fsp3) is 0.842. The van der Waals surface area contributed by atoms with Crippen LogP contribution in [0.25, 0.3) is 0 Å². The van der Waals surface area contributed by atoms with Gasteiger partial charge < -0.3 is 14.6 Å². The molecule has 2 heterocycles. The molecule has 2 aliphatic heterocycles. The number of aliphatic hydroxyl groups is 1. The van der Waals surface area contributed by atoms with E-state index in [4.69, 9.17) is 14.6 Å². The number of fused-ring (bicyclic) bond motifs is 2. The number of hydrogen-bond donors (Lipinski definition) is 1. The molecule has 0 aromatic heterocycles. The minimum absolute atomic E-state index is 0.0656. The van der Waals surface area contributed by atoms with Gasteiger partial charge in [-0.2, -0.15) is 0 Å². The van der Waals surface area contributed by atoms with Crippen molar-refractivity contribution >= 4 is 5.78 Å². The molecule has 2 saturated heterocycles. The van der Waals surface area contributed by atoms with Crippen molar-refractivity contribution in [3.8, 4) is 0 Å². The summed E-state index contributed by atoms with van der Waals surface area (Å²) < 4.78 is 12.0. The van der Waals surface area contributed by atoms with Crippen molar-refractivity contribution in [1.29, 1.82) is 0 Å². The quantitative estimate of drug-likeness (QED) is 0.442. The van der Waals surface area contributed by atoms with E-state index in [1.54, 1.807) is 0 Å². The summed E-state index contributed by atoms with van der Waals surface area (Å²) in [5.74, 6) is 1.07. The standard InChI is InChI=1S/C19H32O4/c1-2-3-12-22-14-17-16(18-10-11-19(17)23-18)9-7-5-4-6-8-15(21)13-20/h5,7,16-20H,2-4,6,8-14H2,1H3/t16-,17+,18-,19+/m1/s1. The van der Waals surface area contributed by atoms with Crippen molar-refractivity contribution < 1.29 is 19.4 Å². The van der Waals surface area contributed by atoms with Crippen molar-refractivity contribution in [2.75, 3.05) is 19.8 Å². The van der Waals surface area contributed by atoms with Crippen LogP contribution in [0.4, 0.5) is 0 Å². The van der Waals surface area contributed by atoms with Gasteiger partial charge in [-0.15, -0.1) is 0 Å². The van der Waals surface area contributed by atoms with Crippen LogP contribution in [0.1, 0.15) is 58.3 Å². The molecule has 4 nitrogen and oxygen atoms in total. The van der Waals surface area contributed by atoms with Crippen molar-refractivity contribution in [3.63, 3.8) is 0 Å². The number of allylic oxidation sites excluding steroid dienone is 2. The summed E-state index contributed by atoms with van der Waals surface area (Å²) in [7, 11) is 0. The number of ketones is 1. The first-order valence-corrected chi connectivity index (χ1v) is 9.27. The third kappa shape index (κ3) is 5.70. The van der Waals surface area contributed by atoms with Gasteiger partial charge in [0, 0.05) is 18.9 Å². The Balaban J connectivity index is 1.68. The molecule has 23 heavy (non-hydrogen) atoms. The molecular weight excluding hydrogens is 292 g/mol. The second-order valence-electron chi connectivity index (χ2n) is 6.84. The third-order valence-corrected chi connectivity index (χ3v) is 5.12. The molecule has 2 fully saturated rings. The first-order valence-electron chi connectivity index (χ1n) is 9.27. The Bertz CT molecular complexity index is 380. The SMILES string of the molecule is CCCCOC[C@H]1[C@@H](CC=CCCCC(=O)CO)[C@H]2CC[C@@H]1O2. The van der Waals surface area contributed by atoms with Gasteiger partial charge in [-0.3, -0.25) is 4.79 Å². The smallest absolute Gasteiger partial charge is 0.158 e. The Labute approximate surface area is 140 Å². The van der Waals surface area contributed by atoms with Crippen LogP contribution < -0.4 is 0 Å². The Morgan fingerprint density at radius 1 is 1.22 bits per heavy atom.